The van der Waals surface area contributed by atoms with Crippen LogP contribution in [0.1, 0.15) is 41.5 Å². The van der Waals surface area contributed by atoms with Crippen LogP contribution in [0, 0.1) is 19.8 Å². The van der Waals surface area contributed by atoms with Crippen LogP contribution >= 0.6 is 0 Å². The number of benzene rings is 3. The number of anilines is 1. The quantitative estimate of drug-likeness (QED) is 0.531. The van der Waals surface area contributed by atoms with Crippen LogP contribution in [0.25, 0.3) is 0 Å². The summed E-state index contributed by atoms with van der Waals surface area (Å²) in [5.41, 5.74) is 5.18. The second-order valence-corrected chi connectivity index (χ2v) is 7.44. The van der Waals surface area contributed by atoms with E-state index in [-0.39, 0.29) is 17.7 Å². The summed E-state index contributed by atoms with van der Waals surface area (Å²) in [6, 6.07) is 24.5. The van der Waals surface area contributed by atoms with Crippen LogP contribution in [-0.2, 0) is 4.79 Å². The van der Waals surface area contributed by atoms with Crippen LogP contribution in [-0.4, -0.2) is 13.0 Å². The van der Waals surface area contributed by atoms with E-state index in [9.17, 15) is 4.79 Å². The van der Waals surface area contributed by atoms with E-state index in [1.807, 2.05) is 62.4 Å². The molecule has 0 radical (unpaired) electrons. The van der Waals surface area contributed by atoms with Crippen LogP contribution in [0.4, 0.5) is 5.69 Å². The molecular weight excluding hydrogens is 358 g/mol. The zero-order chi connectivity index (χ0) is 20.8. The van der Waals surface area contributed by atoms with Crippen molar-refractivity contribution in [3.8, 4) is 5.75 Å². The Morgan fingerprint density at radius 3 is 1.79 bits per heavy atom. The fraction of sp³-hybridized carbons (Fsp3) is 0.269. The smallest absolute Gasteiger partial charge is 0.228 e. The molecule has 0 aliphatic carbocycles. The van der Waals surface area contributed by atoms with E-state index in [0.717, 1.165) is 40.1 Å². The highest BCUT2D eigenvalue weighted by Crippen LogP contribution is 2.35. The van der Waals surface area contributed by atoms with Crippen molar-refractivity contribution in [1.82, 2.24) is 0 Å². The molecule has 0 fully saturated rings. The first-order valence-electron chi connectivity index (χ1n) is 10.1. The van der Waals surface area contributed by atoms with Crippen LogP contribution < -0.4 is 10.1 Å². The average molecular weight is 388 g/mol. The van der Waals surface area contributed by atoms with E-state index in [2.05, 4.69) is 36.5 Å². The van der Waals surface area contributed by atoms with Gasteiger partial charge >= 0.3 is 0 Å². The maximum Gasteiger partial charge on any atom is 0.228 e. The van der Waals surface area contributed by atoms with Crippen LogP contribution in [0.5, 0.6) is 5.75 Å². The third kappa shape index (κ3) is 4.68. The maximum absolute atomic E-state index is 13.4. The van der Waals surface area contributed by atoms with Gasteiger partial charge in [-0.1, -0.05) is 67.6 Å². The summed E-state index contributed by atoms with van der Waals surface area (Å²) < 4.78 is 5.35. The molecule has 1 N–H and O–H groups in total. The largest absolute Gasteiger partial charge is 0.497 e. The second-order valence-electron chi connectivity index (χ2n) is 7.44. The number of carbonyl (C=O) groups excluding carboxylic acids is 1. The molecule has 0 saturated heterocycles. The molecule has 0 saturated carbocycles. The molecule has 29 heavy (non-hydrogen) atoms. The second kappa shape index (κ2) is 9.42. The molecule has 3 rings (SSSR count). The molecule has 1 amide bonds. The number of hydrogen-bond acceptors (Lipinski definition) is 2. The molecule has 0 heterocycles. The normalized spacial score (nSPS) is 11.9. The van der Waals surface area contributed by atoms with Crippen molar-refractivity contribution in [2.24, 2.45) is 5.92 Å². The number of methoxy groups -OCH3 is 1. The van der Waals surface area contributed by atoms with E-state index in [0.29, 0.717) is 0 Å². The fourth-order valence-corrected chi connectivity index (χ4v) is 4.00. The van der Waals surface area contributed by atoms with Crippen molar-refractivity contribution in [2.75, 3.05) is 12.4 Å². The average Bonchev–Trinajstić information content (AvgIpc) is 2.75. The van der Waals surface area contributed by atoms with Gasteiger partial charge in [-0.2, -0.15) is 0 Å². The first-order valence-corrected chi connectivity index (χ1v) is 10.1. The van der Waals surface area contributed by atoms with Crippen LogP contribution in [0.2, 0.25) is 0 Å². The van der Waals surface area contributed by atoms with E-state index in [1.54, 1.807) is 7.11 Å². The lowest BCUT2D eigenvalue weighted by Gasteiger charge is -2.27. The Labute approximate surface area is 173 Å². The van der Waals surface area contributed by atoms with Gasteiger partial charge in [-0.25, -0.2) is 0 Å². The predicted molar refractivity (Wildman–Crippen MR) is 120 cm³/mol. The Bertz CT molecular complexity index is 888. The Kier molecular flexibility index (Phi) is 6.71. The highest BCUT2D eigenvalue weighted by atomic mass is 16.5. The minimum Gasteiger partial charge on any atom is -0.497 e. The molecule has 150 valence electrons. The summed E-state index contributed by atoms with van der Waals surface area (Å²) in [6.07, 6.45) is 0.745. The summed E-state index contributed by atoms with van der Waals surface area (Å²) in [7, 11) is 1.66. The van der Waals surface area contributed by atoms with Crippen molar-refractivity contribution >= 4 is 11.6 Å². The lowest BCUT2D eigenvalue weighted by molar-refractivity contribution is -0.120. The van der Waals surface area contributed by atoms with Crippen LogP contribution in [0.3, 0.4) is 0 Å². The van der Waals surface area contributed by atoms with E-state index in [4.69, 9.17) is 4.74 Å². The van der Waals surface area contributed by atoms with Gasteiger partial charge in [-0.05, 0) is 54.7 Å². The van der Waals surface area contributed by atoms with Gasteiger partial charge in [-0.3, -0.25) is 4.79 Å². The van der Waals surface area contributed by atoms with Gasteiger partial charge in [-0.15, -0.1) is 0 Å². The zero-order valence-electron chi connectivity index (χ0n) is 17.6. The lowest BCUT2D eigenvalue weighted by Crippen LogP contribution is -2.29. The highest BCUT2D eigenvalue weighted by molar-refractivity contribution is 5.95. The number of rotatable bonds is 7. The maximum atomic E-state index is 13.4. The van der Waals surface area contributed by atoms with Gasteiger partial charge in [0, 0.05) is 17.5 Å². The van der Waals surface area contributed by atoms with E-state index >= 15 is 0 Å². The molecule has 3 aromatic carbocycles. The van der Waals surface area contributed by atoms with Crippen molar-refractivity contribution < 1.29 is 9.53 Å². The SMILES string of the molecule is CCC(C(=O)Nc1c(C)cc(OC)cc1C)C(c1ccccc1)c1ccccc1. The number of carbonyl (C=O) groups is 1. The topological polar surface area (TPSA) is 38.3 Å². The molecular formula is C26H29NO2. The molecule has 0 aliphatic heterocycles. The number of amides is 1. The summed E-state index contributed by atoms with van der Waals surface area (Å²) in [5.74, 6) is 0.667. The molecule has 0 spiro atoms. The first-order chi connectivity index (χ1) is 14.0. The summed E-state index contributed by atoms with van der Waals surface area (Å²) in [6.45, 7) is 6.08. The third-order valence-corrected chi connectivity index (χ3v) is 5.49. The molecule has 3 aromatic rings. The summed E-state index contributed by atoms with van der Waals surface area (Å²) in [4.78, 5) is 13.4. The molecule has 3 nitrogen and oxygen atoms in total. The van der Waals surface area contributed by atoms with Gasteiger partial charge in [0.1, 0.15) is 5.75 Å². The van der Waals surface area contributed by atoms with Gasteiger partial charge < -0.3 is 10.1 Å². The van der Waals surface area contributed by atoms with Gasteiger partial charge in [0.25, 0.3) is 0 Å². The van der Waals surface area contributed by atoms with E-state index < -0.39 is 0 Å². The van der Waals surface area contributed by atoms with Crippen molar-refractivity contribution in [1.29, 1.82) is 0 Å². The molecule has 0 aliphatic rings. The summed E-state index contributed by atoms with van der Waals surface area (Å²) >= 11 is 0. The standard InChI is InChI=1S/C26H29NO2/c1-5-23(26(28)27-25-18(2)16-22(29-4)17-19(25)3)24(20-12-8-6-9-13-20)21-14-10-7-11-15-21/h6-17,23-24H,5H2,1-4H3,(H,27,28). The summed E-state index contributed by atoms with van der Waals surface area (Å²) in [5, 5.41) is 3.21. The molecule has 3 heteroatoms. The number of ether oxygens (including phenoxy) is 1. The third-order valence-electron chi connectivity index (χ3n) is 5.49. The molecule has 0 bridgehead atoms. The van der Waals surface area contributed by atoms with Gasteiger partial charge in [0.2, 0.25) is 5.91 Å². The van der Waals surface area contributed by atoms with Gasteiger partial charge in [0.05, 0.1) is 7.11 Å². The first kappa shape index (κ1) is 20.7. The fourth-order valence-electron chi connectivity index (χ4n) is 4.00. The Morgan fingerprint density at radius 1 is 0.897 bits per heavy atom. The lowest BCUT2D eigenvalue weighted by atomic mass is 9.79. The molecule has 1 unspecified atom stereocenters. The Hall–Kier alpha value is -3.07. The van der Waals surface area contributed by atoms with Crippen LogP contribution in [0.15, 0.2) is 72.8 Å². The minimum absolute atomic E-state index is 0.00117. The van der Waals surface area contributed by atoms with Crippen molar-refractivity contribution in [3.63, 3.8) is 0 Å². The Balaban J connectivity index is 1.96. The molecule has 1 atom stereocenters. The zero-order valence-corrected chi connectivity index (χ0v) is 17.6. The van der Waals surface area contributed by atoms with E-state index in [1.165, 1.54) is 0 Å². The Morgan fingerprint density at radius 2 is 1.38 bits per heavy atom. The molecule has 0 aromatic heterocycles. The van der Waals surface area contributed by atoms with Crippen molar-refractivity contribution in [2.45, 2.75) is 33.1 Å². The highest BCUT2D eigenvalue weighted by Gasteiger charge is 2.30. The van der Waals surface area contributed by atoms with Crippen molar-refractivity contribution in [3.05, 3.63) is 95.1 Å². The number of aryl methyl sites for hydroxylation is 2. The minimum atomic E-state index is -0.180. The number of hydrogen-bond donors (Lipinski definition) is 1. The number of nitrogens with one attached hydrogen (secondary N) is 1. The van der Waals surface area contributed by atoms with Gasteiger partial charge in [0.15, 0.2) is 0 Å². The predicted octanol–water partition coefficient (Wildman–Crippen LogP) is 6.11. The monoisotopic (exact) mass is 387 g/mol.